The van der Waals surface area contributed by atoms with Gasteiger partial charge in [-0.15, -0.1) is 0 Å². The van der Waals surface area contributed by atoms with Crippen LogP contribution in [0.25, 0.3) is 5.69 Å². The summed E-state index contributed by atoms with van der Waals surface area (Å²) >= 11 is -0.266. The largest absolute Gasteiger partial charge is 0.493 e. The van der Waals surface area contributed by atoms with Crippen molar-refractivity contribution in [3.8, 4) is 11.6 Å². The number of carbonyl (C=O) groups is 1. The van der Waals surface area contributed by atoms with Crippen molar-refractivity contribution >= 4 is 17.7 Å². The number of alkyl halides is 3. The van der Waals surface area contributed by atoms with Crippen molar-refractivity contribution in [2.24, 2.45) is 0 Å². The summed E-state index contributed by atoms with van der Waals surface area (Å²) in [5.74, 6) is -0.656. The number of amides is 1. The number of hydrogen-bond donors (Lipinski definition) is 1. The van der Waals surface area contributed by atoms with Crippen molar-refractivity contribution in [3.63, 3.8) is 0 Å². The molecule has 2 aromatic heterocycles. The molecule has 2 heterocycles. The van der Waals surface area contributed by atoms with Crippen LogP contribution in [-0.4, -0.2) is 49.6 Å². The molecule has 7 nitrogen and oxygen atoms in total. The van der Waals surface area contributed by atoms with Crippen LogP contribution < -0.4 is 5.69 Å². The van der Waals surface area contributed by atoms with Crippen molar-refractivity contribution in [2.45, 2.75) is 16.9 Å². The van der Waals surface area contributed by atoms with Crippen molar-refractivity contribution in [1.29, 1.82) is 0 Å². The van der Waals surface area contributed by atoms with E-state index >= 15 is 0 Å². The van der Waals surface area contributed by atoms with Crippen LogP contribution in [0.1, 0.15) is 16.1 Å². The van der Waals surface area contributed by atoms with Crippen LogP contribution in [-0.2, 0) is 6.54 Å². The molecule has 0 aliphatic carbocycles. The van der Waals surface area contributed by atoms with Gasteiger partial charge in [0.05, 0.1) is 18.4 Å². The Hall–Kier alpha value is -3.21. The third-order valence-electron chi connectivity index (χ3n) is 4.07. The summed E-state index contributed by atoms with van der Waals surface area (Å²) in [6.07, 6.45) is 2.67. The first-order chi connectivity index (χ1) is 14.0. The van der Waals surface area contributed by atoms with Crippen LogP contribution >= 0.6 is 11.8 Å². The fraction of sp³-hybridized carbons (Fsp3) is 0.211. The van der Waals surface area contributed by atoms with Gasteiger partial charge < -0.3 is 10.0 Å². The van der Waals surface area contributed by atoms with E-state index in [-0.39, 0.29) is 46.4 Å². The molecule has 11 heteroatoms. The van der Waals surface area contributed by atoms with Gasteiger partial charge >= 0.3 is 11.2 Å². The third kappa shape index (κ3) is 4.85. The third-order valence-corrected chi connectivity index (χ3v) is 4.81. The average Bonchev–Trinajstić information content (AvgIpc) is 2.94. The Kier molecular flexibility index (Phi) is 5.92. The molecule has 0 radical (unpaired) electrons. The molecule has 0 bridgehead atoms. The molecule has 0 fully saturated rings. The number of nitrogens with zero attached hydrogens (tertiary/aromatic N) is 4. The number of halogens is 3. The average molecular weight is 438 g/mol. The number of aromatic hydroxyl groups is 1. The maximum Gasteiger partial charge on any atom is 0.446 e. The normalized spacial score (nSPS) is 11.5. The fourth-order valence-corrected chi connectivity index (χ4v) is 3.29. The second kappa shape index (κ2) is 8.27. The van der Waals surface area contributed by atoms with Crippen LogP contribution in [0.3, 0.4) is 0 Å². The Morgan fingerprint density at radius 3 is 2.47 bits per heavy atom. The van der Waals surface area contributed by atoms with E-state index in [1.165, 1.54) is 46.1 Å². The molecule has 1 N–H and O–H groups in total. The van der Waals surface area contributed by atoms with Gasteiger partial charge in [-0.05, 0) is 53.7 Å². The van der Waals surface area contributed by atoms with Crippen LogP contribution in [0.5, 0.6) is 5.88 Å². The van der Waals surface area contributed by atoms with Gasteiger partial charge in [-0.1, -0.05) is 0 Å². The van der Waals surface area contributed by atoms with Gasteiger partial charge in [-0.25, -0.2) is 9.36 Å². The molecule has 0 aliphatic heterocycles. The SMILES string of the molecule is CN(C)C(=O)c1cc(Cn2cc(O)n(-c3ccc(SC(F)(F)F)cc3)c2=O)ccn1. The highest BCUT2D eigenvalue weighted by molar-refractivity contribution is 8.00. The van der Waals surface area contributed by atoms with Crippen LogP contribution in [0.2, 0.25) is 0 Å². The van der Waals surface area contributed by atoms with Gasteiger partial charge in [-0.3, -0.25) is 14.3 Å². The zero-order valence-electron chi connectivity index (χ0n) is 15.9. The lowest BCUT2D eigenvalue weighted by atomic mass is 10.2. The number of imidazole rings is 1. The van der Waals surface area contributed by atoms with E-state index in [0.717, 1.165) is 4.57 Å². The minimum absolute atomic E-state index is 0.0342. The first-order valence-electron chi connectivity index (χ1n) is 8.59. The van der Waals surface area contributed by atoms with E-state index in [4.69, 9.17) is 0 Å². The Morgan fingerprint density at radius 1 is 1.20 bits per heavy atom. The van der Waals surface area contributed by atoms with Crippen molar-refractivity contribution in [1.82, 2.24) is 19.0 Å². The summed E-state index contributed by atoms with van der Waals surface area (Å²) in [4.78, 5) is 30.1. The van der Waals surface area contributed by atoms with E-state index in [1.54, 1.807) is 26.2 Å². The van der Waals surface area contributed by atoms with Gasteiger partial charge in [0.1, 0.15) is 5.69 Å². The molecule has 1 amide bonds. The van der Waals surface area contributed by atoms with Gasteiger partial charge in [0, 0.05) is 25.2 Å². The molecule has 0 saturated heterocycles. The van der Waals surface area contributed by atoms with Crippen LogP contribution in [0, 0.1) is 0 Å². The van der Waals surface area contributed by atoms with Crippen molar-refractivity contribution in [2.75, 3.05) is 14.1 Å². The van der Waals surface area contributed by atoms with Crippen molar-refractivity contribution in [3.05, 3.63) is 70.5 Å². The molecule has 3 aromatic rings. The van der Waals surface area contributed by atoms with Gasteiger partial charge in [0.2, 0.25) is 5.88 Å². The topological polar surface area (TPSA) is 80.4 Å². The highest BCUT2D eigenvalue weighted by atomic mass is 32.2. The smallest absolute Gasteiger partial charge is 0.446 e. The van der Waals surface area contributed by atoms with Crippen LogP contribution in [0.4, 0.5) is 13.2 Å². The zero-order valence-corrected chi connectivity index (χ0v) is 16.7. The van der Waals surface area contributed by atoms with Gasteiger partial charge in [0.15, 0.2) is 0 Å². The van der Waals surface area contributed by atoms with E-state index < -0.39 is 11.2 Å². The summed E-state index contributed by atoms with van der Waals surface area (Å²) in [5.41, 5.74) is -3.94. The summed E-state index contributed by atoms with van der Waals surface area (Å²) in [7, 11) is 3.19. The lowest BCUT2D eigenvalue weighted by molar-refractivity contribution is -0.0328. The molecule has 30 heavy (non-hydrogen) atoms. The Morgan fingerprint density at radius 2 is 1.87 bits per heavy atom. The van der Waals surface area contributed by atoms with Gasteiger partial charge in [0.25, 0.3) is 5.91 Å². The summed E-state index contributed by atoms with van der Waals surface area (Å²) in [5, 5.41) is 10.2. The second-order valence-corrected chi connectivity index (χ2v) is 7.66. The van der Waals surface area contributed by atoms with Gasteiger partial charge in [-0.2, -0.15) is 13.2 Å². The molecule has 0 aliphatic rings. The Labute approximate surface area is 173 Å². The summed E-state index contributed by atoms with van der Waals surface area (Å²) < 4.78 is 39.6. The summed E-state index contributed by atoms with van der Waals surface area (Å²) in [6, 6.07) is 8.26. The first kappa shape index (κ1) is 21.5. The molecule has 1 aromatic carbocycles. The second-order valence-electron chi connectivity index (χ2n) is 6.52. The predicted octanol–water partition coefficient (Wildman–Crippen LogP) is 3.10. The van der Waals surface area contributed by atoms with Crippen molar-refractivity contribution < 1.29 is 23.1 Å². The highest BCUT2D eigenvalue weighted by Gasteiger charge is 2.29. The minimum atomic E-state index is -4.42. The molecular formula is C19H17F3N4O3S. The number of benzene rings is 1. The molecule has 0 atom stereocenters. The molecular weight excluding hydrogens is 421 g/mol. The summed E-state index contributed by atoms with van der Waals surface area (Å²) in [6.45, 7) is 0.0671. The van der Waals surface area contributed by atoms with Crippen LogP contribution in [0.15, 0.2) is 58.5 Å². The molecule has 0 saturated carbocycles. The Bertz CT molecular complexity index is 1120. The Balaban J connectivity index is 1.87. The standard InChI is InChI=1S/C19H17F3N4O3S/c1-24(2)17(28)15-9-12(7-8-23-15)10-25-11-16(27)26(18(25)29)13-3-5-14(6-4-13)30-19(20,21)22/h3-9,11,27H,10H2,1-2H3. The van der Waals surface area contributed by atoms with E-state index in [2.05, 4.69) is 4.98 Å². The lowest BCUT2D eigenvalue weighted by Gasteiger charge is -2.10. The first-order valence-corrected chi connectivity index (χ1v) is 9.41. The number of carbonyl (C=O) groups excluding carboxylic acids is 1. The number of aromatic nitrogens is 3. The number of pyridine rings is 1. The lowest BCUT2D eigenvalue weighted by Crippen LogP contribution is -2.24. The molecule has 0 unspecified atom stereocenters. The predicted molar refractivity (Wildman–Crippen MR) is 105 cm³/mol. The maximum atomic E-state index is 12.7. The van der Waals surface area contributed by atoms with E-state index in [1.807, 2.05) is 0 Å². The number of rotatable bonds is 5. The monoisotopic (exact) mass is 438 g/mol. The maximum absolute atomic E-state index is 12.7. The molecule has 0 spiro atoms. The fourth-order valence-electron chi connectivity index (χ4n) is 2.75. The number of hydrogen-bond acceptors (Lipinski definition) is 5. The molecule has 3 rings (SSSR count). The van der Waals surface area contributed by atoms with E-state index in [9.17, 15) is 27.9 Å². The number of thioether (sulfide) groups is 1. The van der Waals surface area contributed by atoms with E-state index in [0.29, 0.717) is 5.56 Å². The zero-order chi connectivity index (χ0) is 22.1. The highest BCUT2D eigenvalue weighted by Crippen LogP contribution is 2.37. The molecule has 158 valence electrons. The minimum Gasteiger partial charge on any atom is -0.493 e. The quantitative estimate of drug-likeness (QED) is 0.620.